The number of hydrogen-bond acceptors (Lipinski definition) is 2. The van der Waals surface area contributed by atoms with Crippen LogP contribution in [0.25, 0.3) is 0 Å². The molecule has 0 amide bonds. The first kappa shape index (κ1) is 14.2. The largest absolute Gasteiger partial charge is 0.296 e. The van der Waals surface area contributed by atoms with E-state index in [1.165, 1.54) is 18.4 Å². The standard InChI is InChI=1S/C15H25NO/c1-5-6-12-14(16-17-15(2,3)4)13-10-8-7-9-11-13/h7-11,14,16H,5-6,12H2,1-4H3. The highest BCUT2D eigenvalue weighted by molar-refractivity contribution is 5.18. The van der Waals surface area contributed by atoms with Crippen molar-refractivity contribution < 1.29 is 4.84 Å². The Morgan fingerprint density at radius 3 is 2.35 bits per heavy atom. The molecule has 1 unspecified atom stereocenters. The van der Waals surface area contributed by atoms with Crippen molar-refractivity contribution >= 4 is 0 Å². The molecular formula is C15H25NO. The minimum absolute atomic E-state index is 0.154. The van der Waals surface area contributed by atoms with Gasteiger partial charge in [0, 0.05) is 0 Å². The third-order valence-electron chi connectivity index (χ3n) is 2.56. The van der Waals surface area contributed by atoms with Crippen molar-refractivity contribution in [3.63, 3.8) is 0 Å². The number of rotatable bonds is 6. The summed E-state index contributed by atoms with van der Waals surface area (Å²) < 4.78 is 0. The van der Waals surface area contributed by atoms with Crippen LogP contribution < -0.4 is 5.48 Å². The number of unbranched alkanes of at least 4 members (excludes halogenated alkanes) is 1. The van der Waals surface area contributed by atoms with Crippen LogP contribution in [0.4, 0.5) is 0 Å². The van der Waals surface area contributed by atoms with Gasteiger partial charge in [-0.2, -0.15) is 5.48 Å². The molecule has 2 nitrogen and oxygen atoms in total. The average molecular weight is 235 g/mol. The second-order valence-electron chi connectivity index (χ2n) is 5.44. The molecule has 0 saturated carbocycles. The monoisotopic (exact) mass is 235 g/mol. The lowest BCUT2D eigenvalue weighted by Crippen LogP contribution is -2.32. The number of hydrogen-bond donors (Lipinski definition) is 1. The molecule has 17 heavy (non-hydrogen) atoms. The van der Waals surface area contributed by atoms with Crippen molar-refractivity contribution in [3.05, 3.63) is 35.9 Å². The van der Waals surface area contributed by atoms with Crippen LogP contribution >= 0.6 is 0 Å². The summed E-state index contributed by atoms with van der Waals surface area (Å²) in [4.78, 5) is 5.69. The van der Waals surface area contributed by atoms with E-state index < -0.39 is 0 Å². The van der Waals surface area contributed by atoms with Gasteiger partial charge in [-0.3, -0.25) is 4.84 Å². The SMILES string of the molecule is CCCCC(NOC(C)(C)C)c1ccccc1. The van der Waals surface area contributed by atoms with Crippen LogP contribution in [0.5, 0.6) is 0 Å². The van der Waals surface area contributed by atoms with Crippen molar-refractivity contribution in [2.45, 2.75) is 58.6 Å². The predicted molar refractivity (Wildman–Crippen MR) is 72.7 cm³/mol. The minimum Gasteiger partial charge on any atom is -0.296 e. The summed E-state index contributed by atoms with van der Waals surface area (Å²) in [7, 11) is 0. The molecule has 0 spiro atoms. The fourth-order valence-electron chi connectivity index (χ4n) is 1.64. The van der Waals surface area contributed by atoms with Gasteiger partial charge in [-0.25, -0.2) is 0 Å². The third kappa shape index (κ3) is 5.85. The van der Waals surface area contributed by atoms with E-state index >= 15 is 0 Å². The Balaban J connectivity index is 2.61. The van der Waals surface area contributed by atoms with Crippen LogP contribution in [0, 0.1) is 0 Å². The average Bonchev–Trinajstić information content (AvgIpc) is 2.29. The highest BCUT2D eigenvalue weighted by Crippen LogP contribution is 2.20. The molecule has 96 valence electrons. The van der Waals surface area contributed by atoms with Gasteiger partial charge in [0.2, 0.25) is 0 Å². The van der Waals surface area contributed by atoms with Gasteiger partial charge < -0.3 is 0 Å². The molecule has 1 N–H and O–H groups in total. The first-order chi connectivity index (χ1) is 8.03. The zero-order chi connectivity index (χ0) is 12.7. The molecule has 0 aliphatic rings. The van der Waals surface area contributed by atoms with Gasteiger partial charge in [-0.05, 0) is 32.8 Å². The quantitative estimate of drug-likeness (QED) is 0.745. The first-order valence-corrected chi connectivity index (χ1v) is 6.51. The molecule has 1 atom stereocenters. The zero-order valence-corrected chi connectivity index (χ0v) is 11.5. The Hall–Kier alpha value is -0.860. The van der Waals surface area contributed by atoms with E-state index in [9.17, 15) is 0 Å². The summed E-state index contributed by atoms with van der Waals surface area (Å²) >= 11 is 0. The zero-order valence-electron chi connectivity index (χ0n) is 11.5. The molecule has 2 heteroatoms. The molecule has 1 aromatic carbocycles. The van der Waals surface area contributed by atoms with Crippen LogP contribution in [0.3, 0.4) is 0 Å². The number of hydroxylamine groups is 1. The summed E-state index contributed by atoms with van der Waals surface area (Å²) in [6.07, 6.45) is 3.52. The highest BCUT2D eigenvalue weighted by atomic mass is 16.7. The van der Waals surface area contributed by atoms with E-state index in [2.05, 4.69) is 57.4 Å². The topological polar surface area (TPSA) is 21.3 Å². The normalized spacial score (nSPS) is 13.6. The molecule has 0 aliphatic heterocycles. The van der Waals surface area contributed by atoms with Gasteiger partial charge in [0.15, 0.2) is 0 Å². The Labute approximate surface area is 105 Å². The maximum atomic E-state index is 5.69. The molecular weight excluding hydrogens is 210 g/mol. The molecule has 1 rings (SSSR count). The molecule has 0 aliphatic carbocycles. The van der Waals surface area contributed by atoms with E-state index in [-0.39, 0.29) is 11.6 Å². The first-order valence-electron chi connectivity index (χ1n) is 6.51. The molecule has 0 radical (unpaired) electrons. The van der Waals surface area contributed by atoms with Crippen molar-refractivity contribution in [3.8, 4) is 0 Å². The van der Waals surface area contributed by atoms with Gasteiger partial charge in [-0.15, -0.1) is 0 Å². The lowest BCUT2D eigenvalue weighted by molar-refractivity contribution is -0.0904. The molecule has 1 aromatic rings. The van der Waals surface area contributed by atoms with E-state index in [0.29, 0.717) is 0 Å². The van der Waals surface area contributed by atoms with Crippen LogP contribution in [0.15, 0.2) is 30.3 Å². The lowest BCUT2D eigenvalue weighted by atomic mass is 10.0. The smallest absolute Gasteiger partial charge is 0.0813 e. The van der Waals surface area contributed by atoms with E-state index in [4.69, 9.17) is 4.84 Å². The molecule has 0 fully saturated rings. The molecule has 0 bridgehead atoms. The molecule has 0 aromatic heterocycles. The predicted octanol–water partition coefficient (Wildman–Crippen LogP) is 4.24. The summed E-state index contributed by atoms with van der Waals surface area (Å²) in [6.45, 7) is 8.39. The van der Waals surface area contributed by atoms with E-state index in [1.807, 2.05) is 6.07 Å². The van der Waals surface area contributed by atoms with Gasteiger partial charge >= 0.3 is 0 Å². The van der Waals surface area contributed by atoms with Crippen LogP contribution in [-0.2, 0) is 4.84 Å². The van der Waals surface area contributed by atoms with Gasteiger partial charge in [0.25, 0.3) is 0 Å². The van der Waals surface area contributed by atoms with Crippen LogP contribution in [0.1, 0.15) is 58.6 Å². The lowest BCUT2D eigenvalue weighted by Gasteiger charge is -2.25. The van der Waals surface area contributed by atoms with Gasteiger partial charge in [0.05, 0.1) is 11.6 Å². The fraction of sp³-hybridized carbons (Fsp3) is 0.600. The summed E-state index contributed by atoms with van der Waals surface area (Å²) in [5.74, 6) is 0. The maximum Gasteiger partial charge on any atom is 0.0813 e. The Morgan fingerprint density at radius 1 is 1.18 bits per heavy atom. The fourth-order valence-corrected chi connectivity index (χ4v) is 1.64. The number of nitrogens with one attached hydrogen (secondary N) is 1. The summed E-state index contributed by atoms with van der Waals surface area (Å²) in [6, 6.07) is 10.8. The Bertz CT molecular complexity index is 302. The van der Waals surface area contributed by atoms with Crippen LogP contribution in [0.2, 0.25) is 0 Å². The van der Waals surface area contributed by atoms with Gasteiger partial charge in [0.1, 0.15) is 0 Å². The van der Waals surface area contributed by atoms with Crippen molar-refractivity contribution in [1.29, 1.82) is 0 Å². The third-order valence-corrected chi connectivity index (χ3v) is 2.56. The maximum absolute atomic E-state index is 5.69. The van der Waals surface area contributed by atoms with Crippen molar-refractivity contribution in [2.75, 3.05) is 0 Å². The van der Waals surface area contributed by atoms with E-state index in [0.717, 1.165) is 6.42 Å². The second kappa shape index (κ2) is 6.77. The Kier molecular flexibility index (Phi) is 5.66. The second-order valence-corrected chi connectivity index (χ2v) is 5.44. The molecule has 0 heterocycles. The van der Waals surface area contributed by atoms with Gasteiger partial charge in [-0.1, -0.05) is 50.1 Å². The van der Waals surface area contributed by atoms with Crippen molar-refractivity contribution in [1.82, 2.24) is 5.48 Å². The molecule has 0 saturated heterocycles. The van der Waals surface area contributed by atoms with Crippen molar-refractivity contribution in [2.24, 2.45) is 0 Å². The minimum atomic E-state index is -0.154. The summed E-state index contributed by atoms with van der Waals surface area (Å²) in [5, 5.41) is 0. The highest BCUT2D eigenvalue weighted by Gasteiger charge is 2.16. The summed E-state index contributed by atoms with van der Waals surface area (Å²) in [5.41, 5.74) is 4.35. The van der Waals surface area contributed by atoms with E-state index in [1.54, 1.807) is 0 Å². The number of benzene rings is 1. The Morgan fingerprint density at radius 2 is 1.82 bits per heavy atom. The van der Waals surface area contributed by atoms with Crippen LogP contribution in [-0.4, -0.2) is 5.60 Å².